The van der Waals surface area contributed by atoms with Crippen molar-refractivity contribution in [2.45, 2.75) is 19.1 Å². The summed E-state index contributed by atoms with van der Waals surface area (Å²) in [5.41, 5.74) is 7.53. The number of halogens is 1. The highest BCUT2D eigenvalue weighted by molar-refractivity contribution is 6.30. The van der Waals surface area contributed by atoms with Gasteiger partial charge in [0.25, 0.3) is 0 Å². The van der Waals surface area contributed by atoms with Gasteiger partial charge in [-0.15, -0.1) is 0 Å². The van der Waals surface area contributed by atoms with Gasteiger partial charge in [-0.2, -0.15) is 0 Å². The van der Waals surface area contributed by atoms with E-state index in [4.69, 9.17) is 26.8 Å². The second-order valence-corrected chi connectivity index (χ2v) is 5.58. The Labute approximate surface area is 122 Å². The summed E-state index contributed by atoms with van der Waals surface area (Å²) in [6.45, 7) is 3.19. The highest BCUT2D eigenvalue weighted by atomic mass is 35.5. The van der Waals surface area contributed by atoms with E-state index in [0.717, 1.165) is 34.9 Å². The van der Waals surface area contributed by atoms with Gasteiger partial charge in [-0.25, -0.2) is 0 Å². The van der Waals surface area contributed by atoms with Crippen LogP contribution in [0.5, 0.6) is 5.75 Å². The molecule has 1 amide bonds. The quantitative estimate of drug-likeness (QED) is 0.902. The van der Waals surface area contributed by atoms with Gasteiger partial charge in [0.05, 0.1) is 13.2 Å². The summed E-state index contributed by atoms with van der Waals surface area (Å²) < 4.78 is 11.0. The van der Waals surface area contributed by atoms with E-state index in [0.29, 0.717) is 26.3 Å². The van der Waals surface area contributed by atoms with Crippen LogP contribution in [-0.2, 0) is 22.5 Å². The molecule has 0 saturated carbocycles. The Morgan fingerprint density at radius 1 is 1.45 bits per heavy atom. The molecular weight excluding hydrogens is 280 g/mol. The molecule has 5 nitrogen and oxygen atoms in total. The molecular formula is C14H17ClN2O3. The maximum absolute atomic E-state index is 11.2. The highest BCUT2D eigenvalue weighted by Crippen LogP contribution is 2.33. The van der Waals surface area contributed by atoms with E-state index in [1.54, 1.807) is 0 Å². The minimum atomic E-state index is -0.531. The Hall–Kier alpha value is -1.30. The van der Waals surface area contributed by atoms with Crippen LogP contribution in [-0.4, -0.2) is 43.2 Å². The van der Waals surface area contributed by atoms with Crippen molar-refractivity contribution in [2.24, 2.45) is 5.73 Å². The number of rotatable bonds is 3. The van der Waals surface area contributed by atoms with Crippen LogP contribution in [0.2, 0.25) is 5.02 Å². The van der Waals surface area contributed by atoms with Gasteiger partial charge >= 0.3 is 0 Å². The summed E-state index contributed by atoms with van der Waals surface area (Å²) >= 11 is 6.15. The third-order valence-corrected chi connectivity index (χ3v) is 3.91. The zero-order chi connectivity index (χ0) is 14.1. The lowest BCUT2D eigenvalue weighted by atomic mass is 10.1. The van der Waals surface area contributed by atoms with Crippen LogP contribution >= 0.6 is 11.6 Å². The molecule has 2 heterocycles. The van der Waals surface area contributed by atoms with E-state index in [1.165, 1.54) is 0 Å². The van der Waals surface area contributed by atoms with Crippen LogP contribution in [0, 0.1) is 0 Å². The van der Waals surface area contributed by atoms with Gasteiger partial charge in [0.15, 0.2) is 0 Å². The molecule has 3 rings (SSSR count). The number of carbonyl (C=O) groups excluding carboxylic acids is 1. The topological polar surface area (TPSA) is 64.8 Å². The molecule has 1 saturated heterocycles. The van der Waals surface area contributed by atoms with Gasteiger partial charge in [0.1, 0.15) is 11.9 Å². The Morgan fingerprint density at radius 3 is 3.10 bits per heavy atom. The Balaban J connectivity index is 1.76. The van der Waals surface area contributed by atoms with E-state index < -0.39 is 12.0 Å². The summed E-state index contributed by atoms with van der Waals surface area (Å²) in [4.78, 5) is 13.4. The maximum atomic E-state index is 11.2. The molecule has 0 aromatic heterocycles. The summed E-state index contributed by atoms with van der Waals surface area (Å²) in [5.74, 6) is 0.527. The summed E-state index contributed by atoms with van der Waals surface area (Å²) in [7, 11) is 0. The van der Waals surface area contributed by atoms with Crippen molar-refractivity contribution in [2.75, 3.05) is 26.3 Å². The van der Waals surface area contributed by atoms with Crippen molar-refractivity contribution in [3.63, 3.8) is 0 Å². The first-order chi connectivity index (χ1) is 9.63. The minimum absolute atomic E-state index is 0.415. The molecule has 108 valence electrons. The van der Waals surface area contributed by atoms with Gasteiger partial charge in [0.2, 0.25) is 5.91 Å². The number of nitrogens with two attached hydrogens (primary N) is 1. The fraction of sp³-hybridized carbons (Fsp3) is 0.500. The molecule has 0 unspecified atom stereocenters. The van der Waals surface area contributed by atoms with Crippen molar-refractivity contribution < 1.29 is 14.3 Å². The van der Waals surface area contributed by atoms with Crippen LogP contribution in [0.1, 0.15) is 11.1 Å². The first-order valence-electron chi connectivity index (χ1n) is 6.71. The van der Waals surface area contributed by atoms with Crippen molar-refractivity contribution in [3.8, 4) is 5.75 Å². The Kier molecular flexibility index (Phi) is 3.83. The molecule has 2 N–H and O–H groups in total. The second kappa shape index (κ2) is 5.60. The predicted octanol–water partition coefficient (Wildman–Crippen LogP) is 0.961. The number of nitrogens with zero attached hydrogens (tertiary/aromatic N) is 1. The van der Waals surface area contributed by atoms with Crippen molar-refractivity contribution in [3.05, 3.63) is 28.3 Å². The van der Waals surface area contributed by atoms with Gasteiger partial charge < -0.3 is 15.2 Å². The molecule has 1 aromatic rings. The number of fused-ring (bicyclic) bond motifs is 1. The number of benzene rings is 1. The van der Waals surface area contributed by atoms with Crippen LogP contribution in [0.3, 0.4) is 0 Å². The first kappa shape index (κ1) is 13.7. The molecule has 20 heavy (non-hydrogen) atoms. The molecule has 1 atom stereocenters. The van der Waals surface area contributed by atoms with E-state index in [9.17, 15) is 4.79 Å². The van der Waals surface area contributed by atoms with Gasteiger partial charge in [0, 0.05) is 36.6 Å². The van der Waals surface area contributed by atoms with Crippen molar-refractivity contribution in [1.29, 1.82) is 0 Å². The third kappa shape index (κ3) is 2.75. The highest BCUT2D eigenvalue weighted by Gasteiger charge is 2.26. The smallest absolute Gasteiger partial charge is 0.247 e. The summed E-state index contributed by atoms with van der Waals surface area (Å²) in [6.07, 6.45) is 0.368. The van der Waals surface area contributed by atoms with Crippen LogP contribution in [0.25, 0.3) is 0 Å². The minimum Gasteiger partial charge on any atom is -0.493 e. The first-order valence-corrected chi connectivity index (χ1v) is 7.08. The van der Waals surface area contributed by atoms with Crippen LogP contribution in [0.15, 0.2) is 12.1 Å². The van der Waals surface area contributed by atoms with Crippen LogP contribution in [0.4, 0.5) is 0 Å². The Morgan fingerprint density at radius 2 is 2.30 bits per heavy atom. The zero-order valence-electron chi connectivity index (χ0n) is 11.1. The largest absolute Gasteiger partial charge is 0.493 e. The number of hydrogen-bond acceptors (Lipinski definition) is 4. The molecule has 1 fully saturated rings. The maximum Gasteiger partial charge on any atom is 0.247 e. The van der Waals surface area contributed by atoms with Gasteiger partial charge in [-0.05, 0) is 17.7 Å². The number of hydrogen-bond donors (Lipinski definition) is 1. The lowest BCUT2D eigenvalue weighted by Gasteiger charge is -2.31. The molecule has 6 heteroatoms. The third-order valence-electron chi connectivity index (χ3n) is 3.69. The van der Waals surface area contributed by atoms with Gasteiger partial charge in [-0.3, -0.25) is 9.69 Å². The SMILES string of the molecule is NC(=O)[C@@H]1CN(Cc2cc(Cl)cc3c2OCC3)CCO1. The van der Waals surface area contributed by atoms with E-state index in [2.05, 4.69) is 4.90 Å². The second-order valence-electron chi connectivity index (χ2n) is 5.15. The summed E-state index contributed by atoms with van der Waals surface area (Å²) in [6, 6.07) is 3.89. The Bertz CT molecular complexity index is 535. The molecule has 2 aliphatic rings. The zero-order valence-corrected chi connectivity index (χ0v) is 11.9. The molecule has 0 radical (unpaired) electrons. The normalized spacial score (nSPS) is 22.4. The van der Waals surface area contributed by atoms with E-state index in [-0.39, 0.29) is 0 Å². The van der Waals surface area contributed by atoms with E-state index in [1.807, 2.05) is 12.1 Å². The average Bonchev–Trinajstić information content (AvgIpc) is 2.87. The molecule has 2 aliphatic heterocycles. The molecule has 0 bridgehead atoms. The number of primary amides is 1. The monoisotopic (exact) mass is 296 g/mol. The lowest BCUT2D eigenvalue weighted by Crippen LogP contribution is -2.47. The predicted molar refractivity (Wildman–Crippen MR) is 74.9 cm³/mol. The molecule has 0 spiro atoms. The molecule has 1 aromatic carbocycles. The van der Waals surface area contributed by atoms with E-state index >= 15 is 0 Å². The number of morpholine rings is 1. The standard InChI is InChI=1S/C14H17ClN2O3/c15-11-5-9-1-3-20-13(9)10(6-11)7-17-2-4-19-12(8-17)14(16)18/h5-6,12H,1-4,7-8H2,(H2,16,18)/t12-/m0/s1. The fourth-order valence-electron chi connectivity index (χ4n) is 2.72. The number of carbonyl (C=O) groups is 1. The number of amides is 1. The van der Waals surface area contributed by atoms with Crippen molar-refractivity contribution in [1.82, 2.24) is 4.90 Å². The fourth-order valence-corrected chi connectivity index (χ4v) is 2.99. The number of ether oxygens (including phenoxy) is 2. The lowest BCUT2D eigenvalue weighted by molar-refractivity contribution is -0.135. The molecule has 0 aliphatic carbocycles. The average molecular weight is 297 g/mol. The summed E-state index contributed by atoms with van der Waals surface area (Å²) in [5, 5.41) is 0.726. The van der Waals surface area contributed by atoms with Gasteiger partial charge in [-0.1, -0.05) is 11.6 Å². The van der Waals surface area contributed by atoms with Crippen LogP contribution < -0.4 is 10.5 Å². The van der Waals surface area contributed by atoms with Crippen molar-refractivity contribution >= 4 is 17.5 Å².